The standard InChI is InChI=1S/C23H27N5O4/c1-12(14-7-8-26-18(24)9-14)19-20(22(30)31)28(21(19)29)23(32)27-13(2)17-11-25-10-15-5-3-4-6-16(15)17/h3-7,9,11-13,19-20,25-26H,8,10,24H2,1-2H3,(H,27,32)(H,30,31)/t12?,13?,19-,20?/m1/s1. The third-order valence-electron chi connectivity index (χ3n) is 6.33. The van der Waals surface area contributed by atoms with Gasteiger partial charge in [-0.3, -0.25) is 4.79 Å². The molecule has 1 saturated heterocycles. The summed E-state index contributed by atoms with van der Waals surface area (Å²) in [5, 5.41) is 18.7. The van der Waals surface area contributed by atoms with Gasteiger partial charge in [0.15, 0.2) is 6.04 Å². The highest BCUT2D eigenvalue weighted by molar-refractivity contribution is 6.08. The van der Waals surface area contributed by atoms with Crippen LogP contribution in [0.1, 0.15) is 25.0 Å². The maximum Gasteiger partial charge on any atom is 0.327 e. The van der Waals surface area contributed by atoms with E-state index in [1.54, 1.807) is 19.9 Å². The van der Waals surface area contributed by atoms with Crippen LogP contribution in [-0.2, 0) is 16.1 Å². The van der Waals surface area contributed by atoms with Crippen LogP contribution in [0.5, 0.6) is 0 Å². The Balaban J connectivity index is 1.49. The summed E-state index contributed by atoms with van der Waals surface area (Å²) < 4.78 is 0. The van der Waals surface area contributed by atoms with Crippen LogP contribution in [0.3, 0.4) is 0 Å². The van der Waals surface area contributed by atoms with Gasteiger partial charge in [0, 0.05) is 19.3 Å². The van der Waals surface area contributed by atoms with Gasteiger partial charge in [0.2, 0.25) is 5.91 Å². The lowest BCUT2D eigenvalue weighted by Crippen LogP contribution is -2.70. The molecule has 4 atom stereocenters. The van der Waals surface area contributed by atoms with Crippen molar-refractivity contribution in [2.45, 2.75) is 32.5 Å². The Morgan fingerprint density at radius 3 is 2.75 bits per heavy atom. The third kappa shape index (κ3) is 3.70. The largest absolute Gasteiger partial charge is 0.480 e. The number of carbonyl (C=O) groups is 3. The van der Waals surface area contributed by atoms with Crippen LogP contribution >= 0.6 is 0 Å². The normalized spacial score (nSPS) is 23.8. The van der Waals surface area contributed by atoms with Gasteiger partial charge in [-0.25, -0.2) is 14.5 Å². The maximum absolute atomic E-state index is 12.9. The van der Waals surface area contributed by atoms with E-state index in [4.69, 9.17) is 5.73 Å². The fourth-order valence-corrected chi connectivity index (χ4v) is 4.59. The van der Waals surface area contributed by atoms with Crippen molar-refractivity contribution in [3.8, 4) is 0 Å². The average molecular weight is 438 g/mol. The highest BCUT2D eigenvalue weighted by atomic mass is 16.4. The molecule has 3 aliphatic rings. The second kappa shape index (κ2) is 8.41. The summed E-state index contributed by atoms with van der Waals surface area (Å²) >= 11 is 0. The van der Waals surface area contributed by atoms with Gasteiger partial charge in [0.1, 0.15) is 0 Å². The Hall–Kier alpha value is -3.75. The molecule has 9 nitrogen and oxygen atoms in total. The average Bonchev–Trinajstić information content (AvgIpc) is 2.76. The summed E-state index contributed by atoms with van der Waals surface area (Å²) in [6.45, 7) is 4.79. The number of dihydropyridines is 1. The van der Waals surface area contributed by atoms with Crippen LogP contribution in [0.2, 0.25) is 0 Å². The molecule has 6 N–H and O–H groups in total. The molecule has 1 aromatic rings. The number of nitrogens with one attached hydrogen (secondary N) is 3. The number of nitrogens with zero attached hydrogens (tertiary/aromatic N) is 1. The lowest BCUT2D eigenvalue weighted by molar-refractivity contribution is -0.167. The van der Waals surface area contributed by atoms with Gasteiger partial charge < -0.3 is 26.8 Å². The molecule has 0 aromatic heterocycles. The monoisotopic (exact) mass is 437 g/mol. The summed E-state index contributed by atoms with van der Waals surface area (Å²) in [6, 6.07) is 5.48. The first-order valence-electron chi connectivity index (χ1n) is 10.6. The predicted octanol–water partition coefficient (Wildman–Crippen LogP) is 1.11. The number of fused-ring (bicyclic) bond motifs is 1. The number of rotatable bonds is 5. The van der Waals surface area contributed by atoms with E-state index in [1.807, 2.05) is 36.5 Å². The highest BCUT2D eigenvalue weighted by Gasteiger charge is 2.57. The van der Waals surface area contributed by atoms with Crippen molar-refractivity contribution in [1.29, 1.82) is 0 Å². The van der Waals surface area contributed by atoms with Crippen molar-refractivity contribution >= 4 is 23.5 Å². The maximum atomic E-state index is 12.9. The van der Waals surface area contributed by atoms with E-state index in [-0.39, 0.29) is 5.92 Å². The van der Waals surface area contributed by atoms with Crippen LogP contribution in [0.25, 0.3) is 5.57 Å². The minimum atomic E-state index is -1.24. The first-order chi connectivity index (χ1) is 15.3. The Bertz CT molecular complexity index is 1060. The van der Waals surface area contributed by atoms with E-state index in [9.17, 15) is 19.5 Å². The minimum absolute atomic E-state index is 0.386. The summed E-state index contributed by atoms with van der Waals surface area (Å²) in [4.78, 5) is 38.7. The second-order valence-electron chi connectivity index (χ2n) is 8.30. The molecule has 0 radical (unpaired) electrons. The van der Waals surface area contributed by atoms with E-state index >= 15 is 0 Å². The number of amides is 3. The van der Waals surface area contributed by atoms with Crippen LogP contribution in [0, 0.1) is 11.8 Å². The molecule has 3 aliphatic heterocycles. The number of allylic oxidation sites excluding steroid dienone is 2. The van der Waals surface area contributed by atoms with Gasteiger partial charge in [-0.15, -0.1) is 0 Å². The molecule has 4 rings (SSSR count). The zero-order valence-corrected chi connectivity index (χ0v) is 18.0. The van der Waals surface area contributed by atoms with Crippen LogP contribution < -0.4 is 21.7 Å². The first kappa shape index (κ1) is 21.5. The van der Waals surface area contributed by atoms with E-state index in [1.165, 1.54) is 0 Å². The van der Waals surface area contributed by atoms with Crippen LogP contribution in [0.15, 0.2) is 54.0 Å². The van der Waals surface area contributed by atoms with E-state index < -0.39 is 35.9 Å². The molecule has 3 amide bonds. The second-order valence-corrected chi connectivity index (χ2v) is 8.30. The number of aliphatic carboxylic acids is 1. The smallest absolute Gasteiger partial charge is 0.327 e. The number of urea groups is 1. The van der Waals surface area contributed by atoms with Crippen molar-refractivity contribution in [1.82, 2.24) is 20.9 Å². The number of carboxylic acids is 1. The lowest BCUT2D eigenvalue weighted by Gasteiger charge is -2.46. The van der Waals surface area contributed by atoms with Gasteiger partial charge in [-0.1, -0.05) is 37.3 Å². The predicted molar refractivity (Wildman–Crippen MR) is 119 cm³/mol. The summed E-state index contributed by atoms with van der Waals surface area (Å²) in [5.74, 6) is -2.47. The fourth-order valence-electron chi connectivity index (χ4n) is 4.59. The molecule has 0 spiro atoms. The van der Waals surface area contributed by atoms with Crippen molar-refractivity contribution in [2.24, 2.45) is 17.6 Å². The molecule has 9 heteroatoms. The highest BCUT2D eigenvalue weighted by Crippen LogP contribution is 2.38. The number of nitrogens with two attached hydrogens (primary N) is 1. The number of β-lactam (4-membered cyclic amide) rings is 1. The fraction of sp³-hybridized carbons (Fsp3) is 0.348. The molecular weight excluding hydrogens is 410 g/mol. The number of hydrogen-bond donors (Lipinski definition) is 5. The molecule has 3 unspecified atom stereocenters. The van der Waals surface area contributed by atoms with E-state index in [0.29, 0.717) is 18.9 Å². The molecule has 32 heavy (non-hydrogen) atoms. The molecule has 1 fully saturated rings. The van der Waals surface area contributed by atoms with Crippen LogP contribution in [-0.4, -0.2) is 46.5 Å². The van der Waals surface area contributed by atoms with Crippen LogP contribution in [0.4, 0.5) is 4.79 Å². The zero-order chi connectivity index (χ0) is 23.0. The van der Waals surface area contributed by atoms with E-state index in [2.05, 4.69) is 16.0 Å². The SMILES string of the molecule is CC(NC(=O)N1C(=O)[C@H](C(C)C2=CCNC(N)=C2)C1C(=O)O)C1=CNCc2ccccc21. The summed E-state index contributed by atoms with van der Waals surface area (Å²) in [5.41, 5.74) is 9.58. The summed E-state index contributed by atoms with van der Waals surface area (Å²) in [6.07, 6.45) is 5.41. The van der Waals surface area contributed by atoms with Crippen molar-refractivity contribution in [3.05, 3.63) is 65.1 Å². The quantitative estimate of drug-likeness (QED) is 0.435. The molecule has 168 valence electrons. The molecule has 1 aromatic carbocycles. The number of imide groups is 1. The summed E-state index contributed by atoms with van der Waals surface area (Å²) in [7, 11) is 0. The Labute approximate surface area is 186 Å². The number of carbonyl (C=O) groups excluding carboxylic acids is 2. The lowest BCUT2D eigenvalue weighted by atomic mass is 9.74. The van der Waals surface area contributed by atoms with Gasteiger partial charge in [0.25, 0.3) is 0 Å². The van der Waals surface area contributed by atoms with E-state index in [0.717, 1.165) is 27.2 Å². The third-order valence-corrected chi connectivity index (χ3v) is 6.33. The first-order valence-corrected chi connectivity index (χ1v) is 10.6. The molecule has 0 aliphatic carbocycles. The van der Waals surface area contributed by atoms with Gasteiger partial charge in [-0.2, -0.15) is 0 Å². The zero-order valence-electron chi connectivity index (χ0n) is 18.0. The number of benzene rings is 1. The van der Waals surface area contributed by atoms with Crippen molar-refractivity contribution in [3.63, 3.8) is 0 Å². The van der Waals surface area contributed by atoms with Gasteiger partial charge in [-0.05, 0) is 41.2 Å². The van der Waals surface area contributed by atoms with Crippen molar-refractivity contribution < 1.29 is 19.5 Å². The van der Waals surface area contributed by atoms with Crippen molar-refractivity contribution in [2.75, 3.05) is 6.54 Å². The molecule has 0 saturated carbocycles. The van der Waals surface area contributed by atoms with Gasteiger partial charge in [0.05, 0.1) is 17.8 Å². The topological polar surface area (TPSA) is 137 Å². The Morgan fingerprint density at radius 2 is 2.03 bits per heavy atom. The van der Waals surface area contributed by atoms with Gasteiger partial charge >= 0.3 is 12.0 Å². The number of carboxylic acid groups (broad SMARTS) is 1. The molecular formula is C23H27N5O4. The molecule has 0 bridgehead atoms. The number of likely N-dealkylation sites (tertiary alicyclic amines) is 1. The Morgan fingerprint density at radius 1 is 1.28 bits per heavy atom. The minimum Gasteiger partial charge on any atom is -0.480 e. The number of hydrogen-bond acceptors (Lipinski definition) is 6. The Kier molecular flexibility index (Phi) is 5.65. The molecule has 3 heterocycles.